The summed E-state index contributed by atoms with van der Waals surface area (Å²) >= 11 is 1.78. The highest BCUT2D eigenvalue weighted by Gasteiger charge is 2.44. The maximum Gasteiger partial charge on any atom is 0.214 e. The van der Waals surface area contributed by atoms with E-state index in [1.54, 1.807) is 11.3 Å². The Balaban J connectivity index is 0.000000216. The van der Waals surface area contributed by atoms with Crippen LogP contribution in [0.25, 0.3) is 0 Å². The van der Waals surface area contributed by atoms with Crippen molar-refractivity contribution in [3.8, 4) is 0 Å². The van der Waals surface area contributed by atoms with Crippen LogP contribution in [0.3, 0.4) is 0 Å². The molecule has 2 saturated carbocycles. The molecule has 2 aliphatic carbocycles. The van der Waals surface area contributed by atoms with Crippen molar-refractivity contribution in [2.75, 3.05) is 0 Å². The lowest BCUT2D eigenvalue weighted by Gasteiger charge is -2.17. The zero-order valence-corrected chi connectivity index (χ0v) is 19.9. The van der Waals surface area contributed by atoms with Gasteiger partial charge < -0.3 is 0 Å². The van der Waals surface area contributed by atoms with E-state index in [1.165, 1.54) is 10.4 Å². The van der Waals surface area contributed by atoms with Gasteiger partial charge in [0.2, 0.25) is 10.0 Å². The Kier molecular flexibility index (Phi) is 7.53. The number of ketones is 1. The van der Waals surface area contributed by atoms with Gasteiger partial charge in [0.1, 0.15) is 5.78 Å². The van der Waals surface area contributed by atoms with Crippen molar-refractivity contribution < 1.29 is 13.2 Å². The molecule has 2 aliphatic rings. The predicted octanol–water partition coefficient (Wildman–Crippen LogP) is 5.34. The van der Waals surface area contributed by atoms with E-state index in [4.69, 9.17) is 0 Å². The lowest BCUT2D eigenvalue weighted by Crippen LogP contribution is -2.32. The average Bonchev–Trinajstić information content (AvgIpc) is 3.30. The van der Waals surface area contributed by atoms with Crippen LogP contribution in [-0.2, 0) is 14.8 Å². The zero-order chi connectivity index (χ0) is 21.9. The monoisotopic (exact) mass is 447 g/mol. The highest BCUT2D eigenvalue weighted by molar-refractivity contribution is 7.90. The Bertz CT molecular complexity index is 917. The van der Waals surface area contributed by atoms with E-state index in [9.17, 15) is 13.2 Å². The molecule has 0 aliphatic heterocycles. The summed E-state index contributed by atoms with van der Waals surface area (Å²) in [4.78, 5) is 14.2. The maximum absolute atomic E-state index is 12.9. The van der Waals surface area contributed by atoms with Crippen molar-refractivity contribution >= 4 is 27.1 Å². The summed E-state index contributed by atoms with van der Waals surface area (Å²) in [7, 11) is -2.94. The van der Waals surface area contributed by atoms with Gasteiger partial charge >= 0.3 is 0 Å². The Hall–Kier alpha value is -1.50. The molecule has 0 amide bonds. The number of sulfonamides is 1. The second-order valence-electron chi connectivity index (χ2n) is 9.02. The molecule has 1 aromatic carbocycles. The van der Waals surface area contributed by atoms with Crippen LogP contribution < -0.4 is 4.72 Å². The largest absolute Gasteiger partial charge is 0.299 e. The predicted molar refractivity (Wildman–Crippen MR) is 124 cm³/mol. The smallest absolute Gasteiger partial charge is 0.214 e. The SMILES string of the molecule is CC(C)C1CC(c2cccs2)C(c2ccccc2)C1=O.CC(C)NS(=O)(=O)C1CC1. The van der Waals surface area contributed by atoms with E-state index < -0.39 is 10.0 Å². The van der Waals surface area contributed by atoms with E-state index in [1.807, 2.05) is 32.0 Å². The molecule has 0 bridgehead atoms. The van der Waals surface area contributed by atoms with Gasteiger partial charge in [-0.15, -0.1) is 11.3 Å². The van der Waals surface area contributed by atoms with Gasteiger partial charge in [0.05, 0.1) is 11.2 Å². The molecule has 4 nitrogen and oxygen atoms in total. The fraction of sp³-hybridized carbons (Fsp3) is 0.542. The number of thiophene rings is 1. The second-order valence-corrected chi connectivity index (χ2v) is 12.0. The number of Topliss-reactive ketones (excluding diaryl/α,β-unsaturated/α-hetero) is 1. The third-order valence-corrected chi connectivity index (χ3v) is 8.97. The van der Waals surface area contributed by atoms with Crippen molar-refractivity contribution in [2.45, 2.75) is 70.1 Å². The molecule has 2 fully saturated rings. The summed E-state index contributed by atoms with van der Waals surface area (Å²) in [6.07, 6.45) is 2.67. The van der Waals surface area contributed by atoms with Gasteiger partial charge in [0, 0.05) is 22.8 Å². The van der Waals surface area contributed by atoms with Crippen LogP contribution in [0.1, 0.15) is 69.2 Å². The van der Waals surface area contributed by atoms with Crippen LogP contribution in [0, 0.1) is 11.8 Å². The first-order chi connectivity index (χ1) is 14.2. The Morgan fingerprint density at radius 2 is 1.67 bits per heavy atom. The first-order valence-corrected chi connectivity index (χ1v) is 13.3. The minimum absolute atomic E-state index is 0.0330. The molecule has 1 heterocycles. The topological polar surface area (TPSA) is 63.2 Å². The quantitative estimate of drug-likeness (QED) is 0.650. The van der Waals surface area contributed by atoms with Crippen molar-refractivity contribution in [3.63, 3.8) is 0 Å². The lowest BCUT2D eigenvalue weighted by atomic mass is 9.87. The van der Waals surface area contributed by atoms with Crippen LogP contribution in [-0.4, -0.2) is 25.5 Å². The van der Waals surface area contributed by atoms with E-state index in [2.05, 4.69) is 48.2 Å². The lowest BCUT2D eigenvalue weighted by molar-refractivity contribution is -0.123. The number of hydrogen-bond acceptors (Lipinski definition) is 4. The van der Waals surface area contributed by atoms with Gasteiger partial charge in [-0.3, -0.25) is 4.79 Å². The third-order valence-electron chi connectivity index (χ3n) is 5.82. The molecule has 3 atom stereocenters. The molecule has 1 N–H and O–H groups in total. The van der Waals surface area contributed by atoms with Gasteiger partial charge in [-0.25, -0.2) is 13.1 Å². The summed E-state index contributed by atoms with van der Waals surface area (Å²) in [5.74, 6) is 1.47. The highest BCUT2D eigenvalue weighted by Crippen LogP contribution is 2.49. The third kappa shape index (κ3) is 5.59. The summed E-state index contributed by atoms with van der Waals surface area (Å²) in [5, 5.41) is 2.03. The Morgan fingerprint density at radius 1 is 1.00 bits per heavy atom. The van der Waals surface area contributed by atoms with Crippen molar-refractivity contribution in [3.05, 3.63) is 58.3 Å². The van der Waals surface area contributed by atoms with Crippen molar-refractivity contribution in [1.82, 2.24) is 4.72 Å². The van der Waals surface area contributed by atoms with Crippen LogP contribution in [0.4, 0.5) is 0 Å². The van der Waals surface area contributed by atoms with Gasteiger partial charge in [-0.1, -0.05) is 50.2 Å². The van der Waals surface area contributed by atoms with Crippen LogP contribution in [0.5, 0.6) is 0 Å². The van der Waals surface area contributed by atoms with Crippen LogP contribution in [0.2, 0.25) is 0 Å². The van der Waals surface area contributed by atoms with Crippen molar-refractivity contribution in [2.24, 2.45) is 11.8 Å². The van der Waals surface area contributed by atoms with E-state index in [0.29, 0.717) is 17.6 Å². The average molecular weight is 448 g/mol. The standard InChI is InChI=1S/C18H20OS.C6H13NO2S/c1-12(2)14-11-15(16-9-6-10-20-16)17(18(14)19)13-7-4-3-5-8-13;1-5(2)7-10(8,9)6-3-4-6/h3-10,12,14-15,17H,11H2,1-2H3;5-7H,3-4H2,1-2H3. The molecule has 0 saturated heterocycles. The number of hydrogen-bond donors (Lipinski definition) is 1. The fourth-order valence-corrected chi connectivity index (χ4v) is 6.68. The maximum atomic E-state index is 12.9. The number of nitrogens with one attached hydrogen (secondary N) is 1. The number of carbonyl (C=O) groups excluding carboxylic acids is 1. The summed E-state index contributed by atoms with van der Waals surface area (Å²) in [5.41, 5.74) is 1.18. The number of benzene rings is 1. The molecular formula is C24H33NO3S2. The van der Waals surface area contributed by atoms with Gasteiger partial charge in [-0.05, 0) is 56.0 Å². The number of carbonyl (C=O) groups is 1. The molecule has 4 rings (SSSR count). The molecule has 164 valence electrons. The zero-order valence-electron chi connectivity index (χ0n) is 18.2. The van der Waals surface area contributed by atoms with Gasteiger partial charge in [-0.2, -0.15) is 0 Å². The minimum Gasteiger partial charge on any atom is -0.299 e. The normalized spacial score (nSPS) is 24.2. The first kappa shape index (κ1) is 23.2. The minimum atomic E-state index is -2.94. The molecule has 1 aromatic heterocycles. The Labute approximate surface area is 185 Å². The number of rotatable bonds is 6. The molecule has 0 radical (unpaired) electrons. The Morgan fingerprint density at radius 3 is 2.17 bits per heavy atom. The summed E-state index contributed by atoms with van der Waals surface area (Å²) < 4.78 is 24.7. The van der Waals surface area contributed by atoms with E-state index >= 15 is 0 Å². The fourth-order valence-electron chi connectivity index (χ4n) is 4.20. The summed E-state index contributed by atoms with van der Waals surface area (Å²) in [6.45, 7) is 8.00. The molecule has 6 heteroatoms. The van der Waals surface area contributed by atoms with Crippen molar-refractivity contribution in [1.29, 1.82) is 0 Å². The summed E-state index contributed by atoms with van der Waals surface area (Å²) in [6, 6.07) is 14.6. The second kappa shape index (κ2) is 9.75. The molecule has 2 aromatic rings. The molecule has 0 spiro atoms. The van der Waals surface area contributed by atoms with Gasteiger partial charge in [0.15, 0.2) is 0 Å². The van der Waals surface area contributed by atoms with E-state index in [-0.39, 0.29) is 23.1 Å². The first-order valence-electron chi connectivity index (χ1n) is 10.8. The highest BCUT2D eigenvalue weighted by atomic mass is 32.2. The van der Waals surface area contributed by atoms with Gasteiger partial charge in [0.25, 0.3) is 0 Å². The molecule has 30 heavy (non-hydrogen) atoms. The molecular weight excluding hydrogens is 414 g/mol. The van der Waals surface area contributed by atoms with Crippen LogP contribution in [0.15, 0.2) is 47.8 Å². The van der Waals surface area contributed by atoms with E-state index in [0.717, 1.165) is 19.3 Å². The van der Waals surface area contributed by atoms with Crippen LogP contribution >= 0.6 is 11.3 Å². The molecule has 3 unspecified atom stereocenters.